The van der Waals surface area contributed by atoms with E-state index in [0.717, 1.165) is 12.1 Å². The fourth-order valence-electron chi connectivity index (χ4n) is 2.75. The number of nitrogens with zero attached hydrogens (tertiary/aromatic N) is 1. The number of rotatable bonds is 5. The van der Waals surface area contributed by atoms with Crippen molar-refractivity contribution < 1.29 is 4.79 Å². The molecule has 3 heteroatoms. The normalized spacial score (nSPS) is 16.1. The molecule has 0 unspecified atom stereocenters. The Morgan fingerprint density at radius 1 is 1.16 bits per heavy atom. The number of Topliss-reactive ketones (excluding diaryl/α,β-unsaturated/α-hetero) is 1. The molecule has 0 heterocycles. The van der Waals surface area contributed by atoms with Gasteiger partial charge in [-0.05, 0) is 19.9 Å². The zero-order valence-corrected chi connectivity index (χ0v) is 12.5. The highest BCUT2D eigenvalue weighted by atomic mass is 35.5. The third-order valence-electron chi connectivity index (χ3n) is 3.99. The second-order valence-electron chi connectivity index (χ2n) is 5.31. The number of ketones is 1. The lowest BCUT2D eigenvalue weighted by molar-refractivity contribution is 0.0952. The highest BCUT2D eigenvalue weighted by molar-refractivity contribution is 5.96. The molecule has 0 spiro atoms. The van der Waals surface area contributed by atoms with Crippen LogP contribution < -0.4 is 0 Å². The first-order valence-electron chi connectivity index (χ1n) is 7.06. The van der Waals surface area contributed by atoms with Gasteiger partial charge in [0.1, 0.15) is 0 Å². The molecule has 1 aromatic rings. The molecule has 1 fully saturated rings. The van der Waals surface area contributed by atoms with Gasteiger partial charge in [-0.25, -0.2) is 0 Å². The van der Waals surface area contributed by atoms with Gasteiger partial charge < -0.3 is 4.90 Å². The summed E-state index contributed by atoms with van der Waals surface area (Å²) >= 11 is 0. The molecule has 2 nitrogen and oxygen atoms in total. The molecule has 0 atom stereocenters. The number of hydrogen-bond donors (Lipinski definition) is 0. The predicted octanol–water partition coefficient (Wildman–Crippen LogP) is 3.95. The second kappa shape index (κ2) is 8.34. The topological polar surface area (TPSA) is 20.3 Å². The van der Waals surface area contributed by atoms with Crippen molar-refractivity contribution in [3.05, 3.63) is 35.9 Å². The van der Waals surface area contributed by atoms with Crippen LogP contribution >= 0.6 is 12.4 Å². The first-order valence-corrected chi connectivity index (χ1v) is 7.06. The van der Waals surface area contributed by atoms with Gasteiger partial charge in [0.25, 0.3) is 0 Å². The monoisotopic (exact) mass is 281 g/mol. The molecule has 1 aliphatic carbocycles. The number of hydrogen-bond acceptors (Lipinski definition) is 2. The molecule has 0 bridgehead atoms. The van der Waals surface area contributed by atoms with E-state index in [1.165, 1.54) is 32.1 Å². The van der Waals surface area contributed by atoms with Crippen LogP contribution in [0.4, 0.5) is 0 Å². The van der Waals surface area contributed by atoms with Crippen LogP contribution in [-0.4, -0.2) is 30.3 Å². The minimum absolute atomic E-state index is 0. The van der Waals surface area contributed by atoms with E-state index in [9.17, 15) is 4.79 Å². The Hall–Kier alpha value is -0.860. The van der Waals surface area contributed by atoms with Gasteiger partial charge in [-0.1, -0.05) is 49.6 Å². The first kappa shape index (κ1) is 16.2. The zero-order valence-electron chi connectivity index (χ0n) is 11.7. The van der Waals surface area contributed by atoms with Crippen LogP contribution in [0.1, 0.15) is 48.9 Å². The van der Waals surface area contributed by atoms with Gasteiger partial charge in [-0.2, -0.15) is 0 Å². The average molecular weight is 282 g/mol. The SMILES string of the molecule is CN(CCC(=O)c1ccccc1)C1CCCCC1.Cl. The number of carbonyl (C=O) groups excluding carboxylic acids is 1. The Morgan fingerprint density at radius 3 is 2.42 bits per heavy atom. The van der Waals surface area contributed by atoms with Gasteiger partial charge in [-0.3, -0.25) is 4.79 Å². The molecule has 1 saturated carbocycles. The van der Waals surface area contributed by atoms with Crippen molar-refractivity contribution >= 4 is 18.2 Å². The first-order chi connectivity index (χ1) is 8.77. The van der Waals surface area contributed by atoms with Gasteiger partial charge in [0.15, 0.2) is 5.78 Å². The average Bonchev–Trinajstić information content (AvgIpc) is 2.46. The van der Waals surface area contributed by atoms with E-state index in [2.05, 4.69) is 11.9 Å². The highest BCUT2D eigenvalue weighted by Crippen LogP contribution is 2.21. The van der Waals surface area contributed by atoms with Crippen molar-refractivity contribution in [2.75, 3.05) is 13.6 Å². The summed E-state index contributed by atoms with van der Waals surface area (Å²) in [7, 11) is 2.16. The molecule has 0 amide bonds. The molecule has 0 radical (unpaired) electrons. The van der Waals surface area contributed by atoms with Crippen molar-refractivity contribution in [2.24, 2.45) is 0 Å². The Labute approximate surface area is 122 Å². The number of halogens is 1. The van der Waals surface area contributed by atoms with Crippen molar-refractivity contribution in [3.63, 3.8) is 0 Å². The molecule has 1 aliphatic rings. The van der Waals surface area contributed by atoms with Gasteiger partial charge in [-0.15, -0.1) is 12.4 Å². The fourth-order valence-corrected chi connectivity index (χ4v) is 2.75. The quantitative estimate of drug-likeness (QED) is 0.762. The van der Waals surface area contributed by atoms with Crippen molar-refractivity contribution in [1.29, 1.82) is 0 Å². The van der Waals surface area contributed by atoms with Gasteiger partial charge in [0.2, 0.25) is 0 Å². The minimum Gasteiger partial charge on any atom is -0.303 e. The fraction of sp³-hybridized carbons (Fsp3) is 0.562. The zero-order chi connectivity index (χ0) is 12.8. The minimum atomic E-state index is 0. The summed E-state index contributed by atoms with van der Waals surface area (Å²) in [6.07, 6.45) is 7.32. The van der Waals surface area contributed by atoms with Crippen LogP contribution in [0.3, 0.4) is 0 Å². The summed E-state index contributed by atoms with van der Waals surface area (Å²) < 4.78 is 0. The molecule has 19 heavy (non-hydrogen) atoms. The maximum absolute atomic E-state index is 12.0. The number of benzene rings is 1. The van der Waals surface area contributed by atoms with Crippen LogP contribution in [0.2, 0.25) is 0 Å². The Balaban J connectivity index is 0.00000180. The van der Waals surface area contributed by atoms with Crippen LogP contribution in [0, 0.1) is 0 Å². The molecule has 106 valence electrons. The van der Waals surface area contributed by atoms with Crippen LogP contribution in [0.25, 0.3) is 0 Å². The Morgan fingerprint density at radius 2 is 1.79 bits per heavy atom. The van der Waals surface area contributed by atoms with E-state index in [1.54, 1.807) is 0 Å². The summed E-state index contributed by atoms with van der Waals surface area (Å²) in [5, 5.41) is 0. The largest absolute Gasteiger partial charge is 0.303 e. The van der Waals surface area contributed by atoms with E-state index in [1.807, 2.05) is 30.3 Å². The lowest BCUT2D eigenvalue weighted by Crippen LogP contribution is -2.34. The third-order valence-corrected chi connectivity index (χ3v) is 3.99. The summed E-state index contributed by atoms with van der Waals surface area (Å²) in [5.74, 6) is 0.262. The van der Waals surface area contributed by atoms with Gasteiger partial charge >= 0.3 is 0 Å². The maximum atomic E-state index is 12.0. The summed E-state index contributed by atoms with van der Waals surface area (Å²) in [6.45, 7) is 0.887. The smallest absolute Gasteiger partial charge is 0.164 e. The lowest BCUT2D eigenvalue weighted by Gasteiger charge is -2.30. The molecule has 0 saturated heterocycles. The maximum Gasteiger partial charge on any atom is 0.164 e. The molecule has 0 N–H and O–H groups in total. The van der Waals surface area contributed by atoms with Crippen molar-refractivity contribution in [2.45, 2.75) is 44.6 Å². The summed E-state index contributed by atoms with van der Waals surface area (Å²) in [4.78, 5) is 14.4. The molecule has 0 aliphatic heterocycles. The van der Waals surface area contributed by atoms with Crippen LogP contribution in [0.5, 0.6) is 0 Å². The van der Waals surface area contributed by atoms with Gasteiger partial charge in [0, 0.05) is 24.6 Å². The van der Waals surface area contributed by atoms with Gasteiger partial charge in [0.05, 0.1) is 0 Å². The highest BCUT2D eigenvalue weighted by Gasteiger charge is 2.18. The lowest BCUT2D eigenvalue weighted by atomic mass is 9.94. The van der Waals surface area contributed by atoms with E-state index in [-0.39, 0.29) is 18.2 Å². The molecule has 2 rings (SSSR count). The second-order valence-corrected chi connectivity index (χ2v) is 5.31. The van der Waals surface area contributed by atoms with Crippen molar-refractivity contribution in [1.82, 2.24) is 4.90 Å². The van der Waals surface area contributed by atoms with Crippen molar-refractivity contribution in [3.8, 4) is 0 Å². The standard InChI is InChI=1S/C16H23NO.ClH/c1-17(15-10-6-3-7-11-15)13-12-16(18)14-8-4-2-5-9-14;/h2,4-5,8-9,15H,3,6-7,10-13H2,1H3;1H. The van der Waals surface area contributed by atoms with E-state index in [4.69, 9.17) is 0 Å². The van der Waals surface area contributed by atoms with E-state index in [0.29, 0.717) is 12.5 Å². The third kappa shape index (κ3) is 4.96. The van der Waals surface area contributed by atoms with Crippen LogP contribution in [0.15, 0.2) is 30.3 Å². The summed E-state index contributed by atoms with van der Waals surface area (Å²) in [6, 6.07) is 10.3. The van der Waals surface area contributed by atoms with E-state index < -0.39 is 0 Å². The molecular weight excluding hydrogens is 258 g/mol. The molecular formula is C16H24ClNO. The molecule has 0 aromatic heterocycles. The predicted molar refractivity (Wildman–Crippen MR) is 82.1 cm³/mol. The number of carbonyl (C=O) groups is 1. The Bertz CT molecular complexity index is 374. The molecule has 1 aromatic carbocycles. The van der Waals surface area contributed by atoms with Crippen LogP contribution in [-0.2, 0) is 0 Å². The Kier molecular flexibility index (Phi) is 7.11. The summed E-state index contributed by atoms with van der Waals surface area (Å²) in [5.41, 5.74) is 0.842. The van der Waals surface area contributed by atoms with E-state index >= 15 is 0 Å².